The van der Waals surface area contributed by atoms with Crippen LogP contribution >= 0.6 is 0 Å². The van der Waals surface area contributed by atoms with E-state index in [9.17, 15) is 9.59 Å². The highest BCUT2D eigenvalue weighted by Gasteiger charge is 2.11. The Morgan fingerprint density at radius 2 is 1.83 bits per heavy atom. The smallest absolute Gasteiger partial charge is 0.258 e. The van der Waals surface area contributed by atoms with Crippen LogP contribution in [0.5, 0.6) is 5.75 Å². The molecular weight excluding hydrogens is 292 g/mol. The van der Waals surface area contributed by atoms with Gasteiger partial charge >= 0.3 is 0 Å². The van der Waals surface area contributed by atoms with Crippen LogP contribution < -0.4 is 15.4 Å². The van der Waals surface area contributed by atoms with Gasteiger partial charge in [0.1, 0.15) is 5.75 Å². The zero-order chi connectivity index (χ0) is 16.7. The molecule has 1 unspecified atom stereocenters. The lowest BCUT2D eigenvalue weighted by molar-refractivity contribution is -0.123. The van der Waals surface area contributed by atoms with Gasteiger partial charge in [0, 0.05) is 12.6 Å². The molecule has 1 atom stereocenters. The van der Waals surface area contributed by atoms with Crippen LogP contribution in [0.3, 0.4) is 0 Å². The van der Waals surface area contributed by atoms with Crippen molar-refractivity contribution in [3.63, 3.8) is 0 Å². The van der Waals surface area contributed by atoms with Crippen LogP contribution in [0.15, 0.2) is 54.6 Å². The fraction of sp³-hybridized carbons (Fsp3) is 0.222. The molecule has 0 aliphatic heterocycles. The van der Waals surface area contributed by atoms with Crippen LogP contribution in [0.1, 0.15) is 25.5 Å². The van der Waals surface area contributed by atoms with Crippen molar-refractivity contribution in [3.8, 4) is 5.75 Å². The summed E-state index contributed by atoms with van der Waals surface area (Å²) in [6, 6.07) is 16.4. The number of para-hydroxylation sites is 1. The van der Waals surface area contributed by atoms with E-state index in [0.29, 0.717) is 11.4 Å². The molecule has 0 saturated carbocycles. The van der Waals surface area contributed by atoms with E-state index in [1.165, 1.54) is 6.92 Å². The van der Waals surface area contributed by atoms with Crippen molar-refractivity contribution < 1.29 is 14.3 Å². The molecule has 5 nitrogen and oxygen atoms in total. The minimum atomic E-state index is -0.203. The highest BCUT2D eigenvalue weighted by atomic mass is 16.5. The first kappa shape index (κ1) is 16.5. The first-order chi connectivity index (χ1) is 11.0. The molecule has 0 spiro atoms. The molecule has 0 aliphatic carbocycles. The number of anilines is 1. The third-order valence-electron chi connectivity index (χ3n) is 3.20. The van der Waals surface area contributed by atoms with Crippen molar-refractivity contribution in [2.24, 2.45) is 0 Å². The zero-order valence-corrected chi connectivity index (χ0v) is 13.2. The van der Waals surface area contributed by atoms with Crippen LogP contribution in [0.2, 0.25) is 0 Å². The lowest BCUT2D eigenvalue weighted by Gasteiger charge is -2.16. The first-order valence-corrected chi connectivity index (χ1v) is 7.39. The summed E-state index contributed by atoms with van der Waals surface area (Å²) in [6.45, 7) is 3.30. The van der Waals surface area contributed by atoms with Crippen LogP contribution in [-0.2, 0) is 9.59 Å². The second-order valence-corrected chi connectivity index (χ2v) is 5.20. The Kier molecular flexibility index (Phi) is 5.74. The third kappa shape index (κ3) is 5.47. The maximum atomic E-state index is 12.0. The molecule has 0 aromatic heterocycles. The Balaban J connectivity index is 1.89. The van der Waals surface area contributed by atoms with Crippen molar-refractivity contribution in [1.82, 2.24) is 5.32 Å². The monoisotopic (exact) mass is 312 g/mol. The minimum absolute atomic E-state index is 0.0419. The Hall–Kier alpha value is -2.82. The maximum Gasteiger partial charge on any atom is 0.258 e. The standard InChI is InChI=1S/C18H20N2O3/c1-13(15-7-6-8-16(11-15)20-14(2)21)19-18(22)12-23-17-9-4-3-5-10-17/h3-11,13H,12H2,1-2H3,(H,19,22)(H,20,21). The number of benzene rings is 2. The largest absolute Gasteiger partial charge is 0.484 e. The molecule has 2 N–H and O–H groups in total. The van der Waals surface area contributed by atoms with Crippen LogP contribution in [0, 0.1) is 0 Å². The number of hydrogen-bond acceptors (Lipinski definition) is 3. The van der Waals surface area contributed by atoms with Crippen molar-refractivity contribution in [2.75, 3.05) is 11.9 Å². The highest BCUT2D eigenvalue weighted by molar-refractivity contribution is 5.88. The second kappa shape index (κ2) is 7.98. The molecule has 2 rings (SSSR count). The maximum absolute atomic E-state index is 12.0. The molecule has 2 amide bonds. The predicted octanol–water partition coefficient (Wildman–Crippen LogP) is 2.90. The van der Waals surface area contributed by atoms with E-state index in [0.717, 1.165) is 5.56 Å². The van der Waals surface area contributed by atoms with Gasteiger partial charge < -0.3 is 15.4 Å². The molecule has 0 fully saturated rings. The number of nitrogens with one attached hydrogen (secondary N) is 2. The quantitative estimate of drug-likeness (QED) is 0.862. The summed E-state index contributed by atoms with van der Waals surface area (Å²) < 4.78 is 5.41. The van der Waals surface area contributed by atoms with E-state index < -0.39 is 0 Å². The van der Waals surface area contributed by atoms with Gasteiger partial charge in [-0.15, -0.1) is 0 Å². The molecule has 0 heterocycles. The van der Waals surface area contributed by atoms with Crippen LogP contribution in [0.4, 0.5) is 5.69 Å². The molecule has 2 aromatic carbocycles. The van der Waals surface area contributed by atoms with Crippen LogP contribution in [-0.4, -0.2) is 18.4 Å². The Morgan fingerprint density at radius 1 is 1.09 bits per heavy atom. The van der Waals surface area contributed by atoms with E-state index in [-0.39, 0.29) is 24.5 Å². The van der Waals surface area contributed by atoms with Crippen LogP contribution in [0.25, 0.3) is 0 Å². The molecule has 23 heavy (non-hydrogen) atoms. The summed E-state index contributed by atoms with van der Waals surface area (Å²) in [5, 5.41) is 5.59. The first-order valence-electron chi connectivity index (χ1n) is 7.39. The molecule has 0 aliphatic rings. The Morgan fingerprint density at radius 3 is 2.52 bits per heavy atom. The second-order valence-electron chi connectivity index (χ2n) is 5.20. The predicted molar refractivity (Wildman–Crippen MR) is 89.2 cm³/mol. The Labute approximate surface area is 135 Å². The van der Waals surface area contributed by atoms with Crippen molar-refractivity contribution in [3.05, 3.63) is 60.2 Å². The zero-order valence-electron chi connectivity index (χ0n) is 13.2. The van der Waals surface area contributed by atoms with Gasteiger partial charge in [0.2, 0.25) is 5.91 Å². The number of hydrogen-bond donors (Lipinski definition) is 2. The fourth-order valence-corrected chi connectivity index (χ4v) is 2.12. The molecule has 0 saturated heterocycles. The van der Waals surface area contributed by atoms with Crippen molar-refractivity contribution >= 4 is 17.5 Å². The molecule has 2 aromatic rings. The summed E-state index contributed by atoms with van der Waals surface area (Å²) >= 11 is 0. The van der Waals surface area contributed by atoms with Crippen molar-refractivity contribution in [2.45, 2.75) is 19.9 Å². The minimum Gasteiger partial charge on any atom is -0.484 e. The summed E-state index contributed by atoms with van der Waals surface area (Å²) in [5.41, 5.74) is 1.61. The molecule has 120 valence electrons. The lowest BCUT2D eigenvalue weighted by Crippen LogP contribution is -2.31. The Bertz CT molecular complexity index is 671. The molecular formula is C18H20N2O3. The summed E-state index contributed by atoms with van der Waals surface area (Å²) in [4.78, 5) is 23.1. The number of rotatable bonds is 6. The average Bonchev–Trinajstić information content (AvgIpc) is 2.53. The molecule has 0 radical (unpaired) electrons. The summed E-state index contributed by atoms with van der Waals surface area (Å²) in [7, 11) is 0. The van der Waals surface area contributed by atoms with Crippen molar-refractivity contribution in [1.29, 1.82) is 0 Å². The summed E-state index contributed by atoms with van der Waals surface area (Å²) in [5.74, 6) is 0.323. The lowest BCUT2D eigenvalue weighted by atomic mass is 10.1. The van der Waals surface area contributed by atoms with E-state index in [2.05, 4.69) is 10.6 Å². The average molecular weight is 312 g/mol. The van der Waals surface area contributed by atoms with Gasteiger partial charge in [-0.2, -0.15) is 0 Å². The number of ether oxygens (including phenoxy) is 1. The van der Waals surface area contributed by atoms with E-state index in [1.807, 2.05) is 43.3 Å². The van der Waals surface area contributed by atoms with Gasteiger partial charge in [0.05, 0.1) is 6.04 Å². The van der Waals surface area contributed by atoms with Gasteiger partial charge in [-0.1, -0.05) is 30.3 Å². The van der Waals surface area contributed by atoms with E-state index in [4.69, 9.17) is 4.74 Å². The SMILES string of the molecule is CC(=O)Nc1cccc(C(C)NC(=O)COc2ccccc2)c1. The highest BCUT2D eigenvalue weighted by Crippen LogP contribution is 2.17. The molecule has 5 heteroatoms. The van der Waals surface area contributed by atoms with Gasteiger partial charge in [-0.05, 0) is 36.8 Å². The van der Waals surface area contributed by atoms with Gasteiger partial charge in [0.25, 0.3) is 5.91 Å². The number of carbonyl (C=O) groups excluding carboxylic acids is 2. The normalized spacial score (nSPS) is 11.4. The fourth-order valence-electron chi connectivity index (χ4n) is 2.12. The van der Waals surface area contributed by atoms with Gasteiger partial charge in [0.15, 0.2) is 6.61 Å². The third-order valence-corrected chi connectivity index (χ3v) is 3.20. The van der Waals surface area contributed by atoms with Gasteiger partial charge in [-0.25, -0.2) is 0 Å². The number of amides is 2. The molecule has 0 bridgehead atoms. The van der Waals surface area contributed by atoms with E-state index >= 15 is 0 Å². The topological polar surface area (TPSA) is 67.4 Å². The van der Waals surface area contributed by atoms with E-state index in [1.54, 1.807) is 18.2 Å². The van der Waals surface area contributed by atoms with Gasteiger partial charge in [-0.3, -0.25) is 9.59 Å². The summed E-state index contributed by atoms with van der Waals surface area (Å²) in [6.07, 6.45) is 0. The number of carbonyl (C=O) groups is 2.